The van der Waals surface area contributed by atoms with Crippen LogP contribution in [-0.4, -0.2) is 21.8 Å². The Labute approximate surface area is 155 Å². The van der Waals surface area contributed by atoms with Crippen LogP contribution in [0.15, 0.2) is 30.3 Å². The van der Waals surface area contributed by atoms with Crippen LogP contribution in [0, 0.1) is 16.7 Å². The number of benzene rings is 1. The molecule has 0 bridgehead atoms. The van der Waals surface area contributed by atoms with Crippen LogP contribution >= 0.6 is 34.8 Å². The number of amides is 1. The van der Waals surface area contributed by atoms with Gasteiger partial charge in [-0.25, -0.2) is 0 Å². The number of nitrogens with one attached hydrogen (secondary N) is 1. The molecule has 1 aromatic carbocycles. The highest BCUT2D eigenvalue weighted by molar-refractivity contribution is 6.68. The fraction of sp³-hybridized carbons (Fsp3) is 0.529. The Morgan fingerprint density at radius 3 is 2.33 bits per heavy atom. The maximum Gasteiger partial charge on any atom is 0.323 e. The van der Waals surface area contributed by atoms with E-state index in [4.69, 9.17) is 39.5 Å². The highest BCUT2D eigenvalue weighted by Crippen LogP contribution is 2.76. The quantitative estimate of drug-likeness (QED) is 0.485. The zero-order valence-electron chi connectivity index (χ0n) is 13.5. The van der Waals surface area contributed by atoms with Crippen LogP contribution < -0.4 is 5.32 Å². The van der Waals surface area contributed by atoms with Gasteiger partial charge < -0.3 is 10.1 Å². The second kappa shape index (κ2) is 5.52. The lowest BCUT2D eigenvalue weighted by Crippen LogP contribution is -2.41. The van der Waals surface area contributed by atoms with Crippen LogP contribution in [0.3, 0.4) is 0 Å². The van der Waals surface area contributed by atoms with Crippen molar-refractivity contribution in [3.05, 3.63) is 35.9 Å². The number of hydrogen-bond acceptors (Lipinski definition) is 3. The number of carbonyl (C=O) groups is 2. The molecule has 2 fully saturated rings. The molecule has 130 valence electrons. The van der Waals surface area contributed by atoms with Gasteiger partial charge in [0, 0.05) is 5.92 Å². The summed E-state index contributed by atoms with van der Waals surface area (Å²) in [5.74, 6) is -1.46. The van der Waals surface area contributed by atoms with E-state index in [1.165, 1.54) is 0 Å². The molecule has 1 saturated heterocycles. The Balaban J connectivity index is 1.86. The minimum absolute atomic E-state index is 0.246. The molecule has 1 aliphatic carbocycles. The lowest BCUT2D eigenvalue weighted by molar-refractivity contribution is -0.155. The van der Waals surface area contributed by atoms with Crippen LogP contribution in [0.2, 0.25) is 0 Å². The topological polar surface area (TPSA) is 55.4 Å². The second-order valence-corrected chi connectivity index (χ2v) is 9.35. The third-order valence-corrected chi connectivity index (χ3v) is 6.01. The first kappa shape index (κ1) is 17.8. The SMILES string of the molecule is C[C@@H](NC(=O)[C@@]12C(=O)O[C@@H](C(Cl)(Cl)Cl)[C@@H]1C2(C)C)c1ccccc1. The van der Waals surface area contributed by atoms with Crippen molar-refractivity contribution in [1.82, 2.24) is 5.32 Å². The van der Waals surface area contributed by atoms with Gasteiger partial charge in [0.15, 0.2) is 11.5 Å². The average Bonchev–Trinajstić information content (AvgIpc) is 2.82. The first-order valence-corrected chi connectivity index (χ1v) is 8.81. The van der Waals surface area contributed by atoms with Crippen molar-refractivity contribution in [2.45, 2.75) is 36.7 Å². The number of cyclic esters (lactones) is 1. The lowest BCUT2D eigenvalue weighted by atomic mass is 9.94. The molecule has 1 N–H and O–H groups in total. The van der Waals surface area contributed by atoms with Gasteiger partial charge in [0.05, 0.1) is 6.04 Å². The summed E-state index contributed by atoms with van der Waals surface area (Å²) in [6.07, 6.45) is -0.928. The zero-order valence-corrected chi connectivity index (χ0v) is 15.7. The molecule has 0 aromatic heterocycles. The monoisotopic (exact) mass is 389 g/mol. The third-order valence-electron chi connectivity index (χ3n) is 5.36. The Kier molecular flexibility index (Phi) is 4.10. The number of carbonyl (C=O) groups excluding carboxylic acids is 2. The maximum absolute atomic E-state index is 12.9. The molecule has 1 amide bonds. The van der Waals surface area contributed by atoms with Gasteiger partial charge in [-0.1, -0.05) is 79.0 Å². The lowest BCUT2D eigenvalue weighted by Gasteiger charge is -2.25. The van der Waals surface area contributed by atoms with E-state index in [1.54, 1.807) is 0 Å². The molecule has 2 aliphatic rings. The van der Waals surface area contributed by atoms with Gasteiger partial charge in [-0.2, -0.15) is 0 Å². The summed E-state index contributed by atoms with van der Waals surface area (Å²) in [5.41, 5.74) is -0.983. The molecular weight excluding hydrogens is 373 g/mol. The molecule has 1 heterocycles. The molecule has 1 saturated carbocycles. The third kappa shape index (κ3) is 2.34. The zero-order chi connectivity index (χ0) is 17.9. The Hall–Kier alpha value is -0.970. The van der Waals surface area contributed by atoms with Crippen molar-refractivity contribution in [1.29, 1.82) is 0 Å². The molecular formula is C17H18Cl3NO3. The molecule has 1 aromatic rings. The Bertz CT molecular complexity index is 686. The number of alkyl halides is 3. The van der Waals surface area contributed by atoms with Crippen molar-refractivity contribution >= 4 is 46.7 Å². The Morgan fingerprint density at radius 1 is 1.25 bits per heavy atom. The Morgan fingerprint density at radius 2 is 1.83 bits per heavy atom. The first-order chi connectivity index (χ1) is 11.0. The largest absolute Gasteiger partial charge is 0.457 e. The first-order valence-electron chi connectivity index (χ1n) is 7.68. The molecule has 0 radical (unpaired) electrons. The predicted molar refractivity (Wildman–Crippen MR) is 92.9 cm³/mol. The fourth-order valence-corrected chi connectivity index (χ4v) is 4.50. The smallest absolute Gasteiger partial charge is 0.323 e. The maximum atomic E-state index is 12.9. The number of fused-ring (bicyclic) bond motifs is 1. The van der Waals surface area contributed by atoms with Gasteiger partial charge in [-0.3, -0.25) is 9.59 Å². The van der Waals surface area contributed by atoms with Crippen LogP contribution in [0.25, 0.3) is 0 Å². The molecule has 3 rings (SSSR count). The summed E-state index contributed by atoms with van der Waals surface area (Å²) in [5, 5.41) is 2.91. The molecule has 7 heteroatoms. The van der Waals surface area contributed by atoms with Crippen molar-refractivity contribution in [3.63, 3.8) is 0 Å². The highest BCUT2D eigenvalue weighted by atomic mass is 35.6. The van der Waals surface area contributed by atoms with E-state index in [0.29, 0.717) is 0 Å². The van der Waals surface area contributed by atoms with Crippen LogP contribution in [0.4, 0.5) is 0 Å². The van der Waals surface area contributed by atoms with Gasteiger partial charge in [0.1, 0.15) is 0 Å². The summed E-state index contributed by atoms with van der Waals surface area (Å²) in [6.45, 7) is 5.52. The van der Waals surface area contributed by atoms with Crippen molar-refractivity contribution in [3.8, 4) is 0 Å². The van der Waals surface area contributed by atoms with Crippen molar-refractivity contribution in [2.75, 3.05) is 0 Å². The van der Waals surface area contributed by atoms with Gasteiger partial charge in [-0.15, -0.1) is 0 Å². The fourth-order valence-electron chi connectivity index (χ4n) is 3.99. The number of esters is 1. The van der Waals surface area contributed by atoms with E-state index in [2.05, 4.69) is 5.32 Å². The summed E-state index contributed by atoms with van der Waals surface area (Å²) >= 11 is 17.8. The van der Waals surface area contributed by atoms with Gasteiger partial charge in [0.25, 0.3) is 0 Å². The van der Waals surface area contributed by atoms with E-state index >= 15 is 0 Å². The van der Waals surface area contributed by atoms with E-state index < -0.39 is 32.6 Å². The van der Waals surface area contributed by atoms with Crippen molar-refractivity contribution < 1.29 is 14.3 Å². The van der Waals surface area contributed by atoms with Gasteiger partial charge in [0.2, 0.25) is 9.70 Å². The van der Waals surface area contributed by atoms with Crippen LogP contribution in [0.1, 0.15) is 32.4 Å². The van der Waals surface area contributed by atoms with E-state index in [0.717, 1.165) is 5.56 Å². The summed E-state index contributed by atoms with van der Waals surface area (Å²) in [4.78, 5) is 25.5. The van der Waals surface area contributed by atoms with E-state index in [-0.39, 0.29) is 11.9 Å². The highest BCUT2D eigenvalue weighted by Gasteiger charge is 2.88. The molecule has 4 atom stereocenters. The van der Waals surface area contributed by atoms with E-state index in [1.807, 2.05) is 51.1 Å². The van der Waals surface area contributed by atoms with Crippen molar-refractivity contribution in [2.24, 2.45) is 16.7 Å². The molecule has 24 heavy (non-hydrogen) atoms. The van der Waals surface area contributed by atoms with Crippen LogP contribution in [0.5, 0.6) is 0 Å². The predicted octanol–water partition coefficient (Wildman–Crippen LogP) is 3.80. The molecule has 4 nitrogen and oxygen atoms in total. The number of halogens is 3. The minimum atomic E-state index is -1.76. The number of hydrogen-bond donors (Lipinski definition) is 1. The molecule has 0 unspecified atom stereocenters. The molecule has 1 aliphatic heterocycles. The van der Waals surface area contributed by atoms with E-state index in [9.17, 15) is 9.59 Å². The summed E-state index contributed by atoms with van der Waals surface area (Å²) in [6, 6.07) is 9.26. The normalized spacial score (nSPS) is 31.8. The molecule has 0 spiro atoms. The second-order valence-electron chi connectivity index (χ2n) is 6.98. The standard InChI is InChI=1S/C17H18Cl3NO3/c1-9(10-7-5-4-6-8-10)21-13(22)16-11(15(16,2)3)12(17(18,19)20)24-14(16)23/h4-9,11-12H,1-3H3,(H,21,22)/t9-,11-,12-,16-/m1/s1. The number of rotatable bonds is 3. The average molecular weight is 391 g/mol. The van der Waals surface area contributed by atoms with Gasteiger partial charge >= 0.3 is 5.97 Å². The summed E-state index contributed by atoms with van der Waals surface area (Å²) in [7, 11) is 0. The van der Waals surface area contributed by atoms with Gasteiger partial charge in [-0.05, 0) is 17.9 Å². The minimum Gasteiger partial charge on any atom is -0.457 e. The number of ether oxygens (including phenoxy) is 1. The summed E-state index contributed by atoms with van der Waals surface area (Å²) < 4.78 is 3.48. The van der Waals surface area contributed by atoms with Crippen LogP contribution in [-0.2, 0) is 14.3 Å².